The molecular formula is C42H52N4O5S. The zero-order chi connectivity index (χ0) is 37.1. The van der Waals surface area contributed by atoms with Crippen molar-refractivity contribution in [3.63, 3.8) is 0 Å². The summed E-state index contributed by atoms with van der Waals surface area (Å²) < 4.78 is 5.91. The van der Waals surface area contributed by atoms with Crippen LogP contribution in [0, 0.1) is 5.92 Å². The normalized spacial score (nSPS) is 15.0. The van der Waals surface area contributed by atoms with Crippen LogP contribution >= 0.6 is 11.3 Å². The highest BCUT2D eigenvalue weighted by atomic mass is 32.1. The van der Waals surface area contributed by atoms with E-state index >= 15 is 0 Å². The predicted octanol–water partition coefficient (Wildman–Crippen LogP) is 8.57. The first kappa shape index (κ1) is 38.7. The molecule has 1 fully saturated rings. The Labute approximate surface area is 311 Å². The fourth-order valence-electron chi connectivity index (χ4n) is 6.40. The number of carboxylic acid groups (broad SMARTS) is 1. The van der Waals surface area contributed by atoms with Crippen molar-refractivity contribution in [1.29, 1.82) is 0 Å². The van der Waals surface area contributed by atoms with Crippen molar-refractivity contribution in [2.45, 2.75) is 96.9 Å². The Morgan fingerprint density at radius 3 is 2.27 bits per heavy atom. The van der Waals surface area contributed by atoms with Crippen molar-refractivity contribution >= 4 is 29.1 Å². The van der Waals surface area contributed by atoms with Gasteiger partial charge in [-0.15, -0.1) is 11.3 Å². The quantitative estimate of drug-likeness (QED) is 0.105. The molecule has 2 amide bonds. The summed E-state index contributed by atoms with van der Waals surface area (Å²) in [6.07, 6.45) is 11.4. The number of nitrogens with one attached hydrogen (secondary N) is 1. The van der Waals surface area contributed by atoms with E-state index in [-0.39, 0.29) is 29.6 Å². The SMILES string of the molecule is CCCCCCCOc1ccc(-c2cnc(-c3ccc(C[C@H](NC(=O)c4ccc(C(C)(C)C)s4)C(=O)N4CCC(CCC(=O)O)C4)cc3)nc2)cc1. The summed E-state index contributed by atoms with van der Waals surface area (Å²) in [6.45, 7) is 10.3. The lowest BCUT2D eigenvalue weighted by molar-refractivity contribution is -0.137. The molecule has 2 N–H and O–H groups in total. The molecule has 5 rings (SSSR count). The van der Waals surface area contributed by atoms with Gasteiger partial charge < -0.3 is 20.1 Å². The first-order valence-electron chi connectivity index (χ1n) is 18.6. The molecule has 9 nitrogen and oxygen atoms in total. The summed E-state index contributed by atoms with van der Waals surface area (Å²) >= 11 is 1.44. The van der Waals surface area contributed by atoms with Gasteiger partial charge in [-0.3, -0.25) is 14.4 Å². The van der Waals surface area contributed by atoms with Crippen molar-refractivity contribution < 1.29 is 24.2 Å². The average molecular weight is 725 g/mol. The van der Waals surface area contributed by atoms with Crippen molar-refractivity contribution in [3.8, 4) is 28.3 Å². The Bertz CT molecular complexity index is 1760. The summed E-state index contributed by atoms with van der Waals surface area (Å²) in [5.41, 5.74) is 3.58. The fourth-order valence-corrected chi connectivity index (χ4v) is 7.37. The molecule has 3 heterocycles. The molecule has 10 heteroatoms. The van der Waals surface area contributed by atoms with Crippen LogP contribution in [-0.2, 0) is 21.4 Å². The van der Waals surface area contributed by atoms with Crippen LogP contribution in [0.2, 0.25) is 0 Å². The van der Waals surface area contributed by atoms with E-state index in [4.69, 9.17) is 9.84 Å². The van der Waals surface area contributed by atoms with Gasteiger partial charge in [0.25, 0.3) is 5.91 Å². The maximum Gasteiger partial charge on any atom is 0.303 e. The van der Waals surface area contributed by atoms with E-state index in [9.17, 15) is 14.4 Å². The van der Waals surface area contributed by atoms with Crippen molar-refractivity contribution in [2.75, 3.05) is 19.7 Å². The number of hydrogen-bond donors (Lipinski definition) is 2. The number of unbranched alkanes of at least 4 members (excludes halogenated alkanes) is 4. The lowest BCUT2D eigenvalue weighted by Gasteiger charge is -2.25. The number of benzene rings is 2. The zero-order valence-electron chi connectivity index (χ0n) is 30.9. The van der Waals surface area contributed by atoms with Crippen LogP contribution in [0.3, 0.4) is 0 Å². The minimum Gasteiger partial charge on any atom is -0.494 e. The van der Waals surface area contributed by atoms with Crippen molar-refractivity contribution in [3.05, 3.63) is 88.4 Å². The number of nitrogens with zero attached hydrogens (tertiary/aromatic N) is 3. The Kier molecular flexibility index (Phi) is 13.6. The molecule has 1 saturated heterocycles. The monoisotopic (exact) mass is 724 g/mol. The maximum absolute atomic E-state index is 13.9. The highest BCUT2D eigenvalue weighted by Crippen LogP contribution is 2.30. The average Bonchev–Trinajstić information content (AvgIpc) is 3.84. The van der Waals surface area contributed by atoms with Crippen LogP contribution in [0.1, 0.15) is 99.2 Å². The fraction of sp³-hybridized carbons (Fsp3) is 0.452. The number of thiophene rings is 1. The van der Waals surface area contributed by atoms with E-state index < -0.39 is 12.0 Å². The largest absolute Gasteiger partial charge is 0.494 e. The molecule has 2 aromatic carbocycles. The third kappa shape index (κ3) is 11.0. The molecule has 1 aliphatic rings. The van der Waals surface area contributed by atoms with E-state index in [2.05, 4.69) is 43.0 Å². The van der Waals surface area contributed by atoms with E-state index in [1.54, 1.807) is 4.90 Å². The summed E-state index contributed by atoms with van der Waals surface area (Å²) in [6, 6.07) is 18.8. The number of rotatable bonds is 17. The van der Waals surface area contributed by atoms with Crippen LogP contribution in [0.25, 0.3) is 22.5 Å². The molecule has 0 spiro atoms. The molecule has 1 unspecified atom stereocenters. The standard InChI is InChI=1S/C42H52N4O5S/c1-5-6-7-8-9-24-51-34-17-15-31(16-18-34)33-26-43-39(44-27-33)32-13-10-29(11-14-32)25-35(41(50)46-23-22-30(28-46)12-21-38(47)48)45-40(49)36-19-20-37(52-36)42(2,3)4/h10-11,13-20,26-27,30,35H,5-9,12,21-25,28H2,1-4H3,(H,45,49)(H,47,48)/t30?,35-/m0/s1. The second kappa shape index (κ2) is 18.3. The van der Waals surface area contributed by atoms with Crippen molar-refractivity contribution in [1.82, 2.24) is 20.2 Å². The highest BCUT2D eigenvalue weighted by molar-refractivity contribution is 7.14. The maximum atomic E-state index is 13.9. The molecule has 2 aromatic heterocycles. The van der Waals surface area contributed by atoms with E-state index in [0.717, 1.165) is 52.3 Å². The van der Waals surface area contributed by atoms with Gasteiger partial charge in [0.1, 0.15) is 11.8 Å². The molecule has 4 aromatic rings. The molecule has 0 bridgehead atoms. The summed E-state index contributed by atoms with van der Waals surface area (Å²) in [5.74, 6) is 0.341. The lowest BCUT2D eigenvalue weighted by Crippen LogP contribution is -2.49. The van der Waals surface area contributed by atoms with Gasteiger partial charge in [-0.1, -0.05) is 89.8 Å². The van der Waals surface area contributed by atoms with Gasteiger partial charge >= 0.3 is 5.97 Å². The summed E-state index contributed by atoms with van der Waals surface area (Å²) in [5, 5.41) is 12.2. The number of carbonyl (C=O) groups is 3. The van der Waals surface area contributed by atoms with Gasteiger partial charge in [0.15, 0.2) is 5.82 Å². The third-order valence-electron chi connectivity index (χ3n) is 9.54. The Morgan fingerprint density at radius 1 is 0.923 bits per heavy atom. The topological polar surface area (TPSA) is 122 Å². The summed E-state index contributed by atoms with van der Waals surface area (Å²) in [4.78, 5) is 51.2. The molecule has 276 valence electrons. The molecule has 0 saturated carbocycles. The second-order valence-corrected chi connectivity index (χ2v) is 15.9. The number of aromatic nitrogens is 2. The summed E-state index contributed by atoms with van der Waals surface area (Å²) in [7, 11) is 0. The first-order chi connectivity index (χ1) is 25.0. The molecule has 0 aliphatic carbocycles. The lowest BCUT2D eigenvalue weighted by atomic mass is 9.95. The predicted molar refractivity (Wildman–Crippen MR) is 207 cm³/mol. The third-order valence-corrected chi connectivity index (χ3v) is 11.1. The number of aliphatic carboxylic acids is 1. The number of amides is 2. The van der Waals surface area contributed by atoms with Gasteiger partial charge in [0.05, 0.1) is 11.5 Å². The van der Waals surface area contributed by atoms with Gasteiger partial charge in [-0.2, -0.15) is 0 Å². The van der Waals surface area contributed by atoms with Gasteiger partial charge in [-0.05, 0) is 66.0 Å². The Balaban J connectivity index is 1.23. The highest BCUT2D eigenvalue weighted by Gasteiger charge is 2.32. The minimum atomic E-state index is -0.829. The number of carbonyl (C=O) groups excluding carboxylic acids is 2. The van der Waals surface area contributed by atoms with Crippen LogP contribution in [0.15, 0.2) is 73.1 Å². The van der Waals surface area contributed by atoms with Crippen LogP contribution in [0.5, 0.6) is 5.75 Å². The minimum absolute atomic E-state index is 0.0849. The number of carboxylic acids is 1. The van der Waals surface area contributed by atoms with Crippen LogP contribution in [0.4, 0.5) is 0 Å². The molecule has 52 heavy (non-hydrogen) atoms. The van der Waals surface area contributed by atoms with Gasteiger partial charge in [-0.25, -0.2) is 9.97 Å². The van der Waals surface area contributed by atoms with E-state index in [1.165, 1.54) is 37.0 Å². The second-order valence-electron chi connectivity index (χ2n) is 14.8. The van der Waals surface area contributed by atoms with E-state index in [1.807, 2.05) is 73.1 Å². The molecule has 1 aliphatic heterocycles. The Hall–Kier alpha value is -4.57. The van der Waals surface area contributed by atoms with Crippen LogP contribution < -0.4 is 10.1 Å². The van der Waals surface area contributed by atoms with E-state index in [0.29, 0.717) is 36.6 Å². The molecule has 2 atom stereocenters. The number of ether oxygens (including phenoxy) is 1. The van der Waals surface area contributed by atoms with Crippen molar-refractivity contribution in [2.24, 2.45) is 5.92 Å². The zero-order valence-corrected chi connectivity index (χ0v) is 31.7. The van der Waals surface area contributed by atoms with Gasteiger partial charge in [0, 0.05) is 54.3 Å². The number of hydrogen-bond acceptors (Lipinski definition) is 7. The molecular weight excluding hydrogens is 673 g/mol. The first-order valence-corrected chi connectivity index (χ1v) is 19.4. The molecule has 0 radical (unpaired) electrons. The van der Waals surface area contributed by atoms with Gasteiger partial charge in [0.2, 0.25) is 5.91 Å². The smallest absolute Gasteiger partial charge is 0.303 e. The number of likely N-dealkylation sites (tertiary alicyclic amines) is 1. The van der Waals surface area contributed by atoms with Crippen LogP contribution in [-0.4, -0.2) is 63.5 Å². The Morgan fingerprint density at radius 2 is 1.62 bits per heavy atom.